The third-order valence-corrected chi connectivity index (χ3v) is 4.64. The lowest BCUT2D eigenvalue weighted by Crippen LogP contribution is -2.21. The third-order valence-electron chi connectivity index (χ3n) is 3.79. The topological polar surface area (TPSA) is 63.6 Å². The van der Waals surface area contributed by atoms with Gasteiger partial charge in [-0.2, -0.15) is 5.10 Å². The summed E-state index contributed by atoms with van der Waals surface area (Å²) in [6, 6.07) is 17.4. The molecule has 26 heavy (non-hydrogen) atoms. The summed E-state index contributed by atoms with van der Waals surface area (Å²) in [6.07, 6.45) is 0.205. The second-order valence-electron chi connectivity index (χ2n) is 5.63. The van der Waals surface area contributed by atoms with Gasteiger partial charge >= 0.3 is 0 Å². The predicted molar refractivity (Wildman–Crippen MR) is 105 cm³/mol. The van der Waals surface area contributed by atoms with Crippen molar-refractivity contribution in [3.63, 3.8) is 0 Å². The van der Waals surface area contributed by atoms with Crippen LogP contribution in [0.15, 0.2) is 65.1 Å². The molecule has 132 valence electrons. The third kappa shape index (κ3) is 4.55. The molecule has 1 heterocycles. The molecule has 0 atom stereocenters. The predicted octanol–water partition coefficient (Wildman–Crippen LogP) is 3.90. The number of benzene rings is 2. The lowest BCUT2D eigenvalue weighted by molar-refractivity contribution is -0.120. The standard InChI is InChI=1S/C20H19N3O2S/c1-14(15-8-10-17(25-2)11-9-15)22-23-19(24)12-20-21-18(13-26-20)16-6-4-3-5-7-16/h3-11,13H,12H2,1-2H3,(H,23,24)/b22-14-. The number of methoxy groups -OCH3 is 1. The van der Waals surface area contributed by atoms with Crippen LogP contribution in [0.25, 0.3) is 11.3 Å². The lowest BCUT2D eigenvalue weighted by Gasteiger charge is -2.04. The zero-order valence-electron chi connectivity index (χ0n) is 14.6. The minimum atomic E-state index is -0.188. The Kier molecular flexibility index (Phi) is 5.76. The first kappa shape index (κ1) is 17.8. The lowest BCUT2D eigenvalue weighted by atomic mass is 10.1. The minimum absolute atomic E-state index is 0.188. The van der Waals surface area contributed by atoms with Gasteiger partial charge in [0.05, 0.1) is 24.9 Å². The van der Waals surface area contributed by atoms with Gasteiger partial charge in [0.25, 0.3) is 0 Å². The molecule has 3 aromatic rings. The number of aromatic nitrogens is 1. The number of hydrogen-bond donors (Lipinski definition) is 1. The van der Waals surface area contributed by atoms with Crippen molar-refractivity contribution in [2.75, 3.05) is 7.11 Å². The Balaban J connectivity index is 1.59. The largest absolute Gasteiger partial charge is 0.497 e. The quantitative estimate of drug-likeness (QED) is 0.532. The van der Waals surface area contributed by atoms with E-state index < -0.39 is 0 Å². The number of hydrogen-bond acceptors (Lipinski definition) is 5. The van der Waals surface area contributed by atoms with E-state index in [0.29, 0.717) is 0 Å². The molecule has 0 unspecified atom stereocenters. The maximum atomic E-state index is 12.1. The Labute approximate surface area is 156 Å². The summed E-state index contributed by atoms with van der Waals surface area (Å²) in [5.74, 6) is 0.593. The molecule has 0 aliphatic carbocycles. The first-order valence-corrected chi connectivity index (χ1v) is 9.01. The smallest absolute Gasteiger partial charge is 0.246 e. The molecule has 0 bridgehead atoms. The van der Waals surface area contributed by atoms with Crippen molar-refractivity contribution < 1.29 is 9.53 Å². The van der Waals surface area contributed by atoms with Gasteiger partial charge in [-0.3, -0.25) is 4.79 Å². The highest BCUT2D eigenvalue weighted by Crippen LogP contribution is 2.21. The molecule has 0 aliphatic heterocycles. The highest BCUT2D eigenvalue weighted by Gasteiger charge is 2.09. The summed E-state index contributed by atoms with van der Waals surface area (Å²) in [5, 5.41) is 6.89. The van der Waals surface area contributed by atoms with E-state index in [1.165, 1.54) is 11.3 Å². The van der Waals surface area contributed by atoms with Crippen LogP contribution in [-0.4, -0.2) is 23.7 Å². The number of ether oxygens (including phenoxy) is 1. The summed E-state index contributed by atoms with van der Waals surface area (Å²) in [6.45, 7) is 1.85. The molecule has 0 spiro atoms. The van der Waals surface area contributed by atoms with Crippen molar-refractivity contribution >= 4 is 23.0 Å². The van der Waals surface area contributed by atoms with E-state index in [2.05, 4.69) is 15.5 Å². The van der Waals surface area contributed by atoms with E-state index in [-0.39, 0.29) is 12.3 Å². The van der Waals surface area contributed by atoms with Crippen LogP contribution in [0.4, 0.5) is 0 Å². The van der Waals surface area contributed by atoms with Crippen LogP contribution in [0.2, 0.25) is 0 Å². The molecular weight excluding hydrogens is 346 g/mol. The molecular formula is C20H19N3O2S. The number of thiazole rings is 1. The molecule has 6 heteroatoms. The van der Waals surface area contributed by atoms with Crippen LogP contribution >= 0.6 is 11.3 Å². The fourth-order valence-corrected chi connectivity index (χ4v) is 3.16. The van der Waals surface area contributed by atoms with Gasteiger partial charge in [-0.05, 0) is 36.8 Å². The number of rotatable bonds is 6. The van der Waals surface area contributed by atoms with E-state index in [1.807, 2.05) is 66.9 Å². The van der Waals surface area contributed by atoms with Crippen LogP contribution in [0.3, 0.4) is 0 Å². The highest BCUT2D eigenvalue weighted by atomic mass is 32.1. The second-order valence-corrected chi connectivity index (χ2v) is 6.57. The van der Waals surface area contributed by atoms with Crippen LogP contribution in [0.1, 0.15) is 17.5 Å². The van der Waals surface area contributed by atoms with Crippen molar-refractivity contribution in [2.45, 2.75) is 13.3 Å². The van der Waals surface area contributed by atoms with E-state index in [9.17, 15) is 4.79 Å². The minimum Gasteiger partial charge on any atom is -0.497 e. The first-order chi connectivity index (χ1) is 12.7. The first-order valence-electron chi connectivity index (χ1n) is 8.13. The van der Waals surface area contributed by atoms with Gasteiger partial charge in [-0.1, -0.05) is 30.3 Å². The van der Waals surface area contributed by atoms with Gasteiger partial charge in [0, 0.05) is 10.9 Å². The Morgan fingerprint density at radius 1 is 1.15 bits per heavy atom. The molecule has 0 radical (unpaired) electrons. The van der Waals surface area contributed by atoms with Gasteiger partial charge in [-0.25, -0.2) is 10.4 Å². The van der Waals surface area contributed by atoms with Gasteiger partial charge in [-0.15, -0.1) is 11.3 Å². The average Bonchev–Trinajstić information content (AvgIpc) is 3.15. The van der Waals surface area contributed by atoms with Crippen molar-refractivity contribution in [1.29, 1.82) is 0 Å². The summed E-state index contributed by atoms with van der Waals surface area (Å²) >= 11 is 1.47. The van der Waals surface area contributed by atoms with E-state index in [4.69, 9.17) is 4.74 Å². The second kappa shape index (κ2) is 8.40. The summed E-state index contributed by atoms with van der Waals surface area (Å²) in [7, 11) is 1.62. The van der Waals surface area contributed by atoms with E-state index in [1.54, 1.807) is 7.11 Å². The molecule has 0 aliphatic rings. The molecule has 1 aromatic heterocycles. The normalized spacial score (nSPS) is 11.2. The maximum absolute atomic E-state index is 12.1. The zero-order chi connectivity index (χ0) is 18.4. The number of carbonyl (C=O) groups is 1. The maximum Gasteiger partial charge on any atom is 0.246 e. The van der Waals surface area contributed by atoms with Crippen molar-refractivity contribution in [3.8, 4) is 17.0 Å². The summed E-state index contributed by atoms with van der Waals surface area (Å²) < 4.78 is 5.13. The molecule has 3 rings (SSSR count). The fourth-order valence-electron chi connectivity index (χ4n) is 2.35. The van der Waals surface area contributed by atoms with Crippen molar-refractivity contribution in [2.24, 2.45) is 5.10 Å². The van der Waals surface area contributed by atoms with E-state index >= 15 is 0 Å². The number of nitrogens with one attached hydrogen (secondary N) is 1. The molecule has 1 amide bonds. The van der Waals surface area contributed by atoms with Crippen LogP contribution in [0.5, 0.6) is 5.75 Å². The van der Waals surface area contributed by atoms with Crippen molar-refractivity contribution in [1.82, 2.24) is 10.4 Å². The number of carbonyl (C=O) groups excluding carboxylic acids is 1. The fraction of sp³-hybridized carbons (Fsp3) is 0.150. The summed E-state index contributed by atoms with van der Waals surface area (Å²) in [4.78, 5) is 16.6. The molecule has 0 fully saturated rings. The monoisotopic (exact) mass is 365 g/mol. The van der Waals surface area contributed by atoms with Crippen LogP contribution < -0.4 is 10.2 Å². The Hall–Kier alpha value is -2.99. The summed E-state index contributed by atoms with van der Waals surface area (Å²) in [5.41, 5.74) is 6.17. The molecule has 0 saturated heterocycles. The Morgan fingerprint density at radius 3 is 2.58 bits per heavy atom. The number of nitrogens with zero attached hydrogens (tertiary/aromatic N) is 2. The molecule has 2 aromatic carbocycles. The van der Waals surface area contributed by atoms with Crippen molar-refractivity contribution in [3.05, 3.63) is 70.5 Å². The number of hydrazone groups is 1. The Morgan fingerprint density at radius 2 is 1.88 bits per heavy atom. The molecule has 5 nitrogen and oxygen atoms in total. The number of amides is 1. The average molecular weight is 365 g/mol. The van der Waals surface area contributed by atoms with E-state index in [0.717, 1.165) is 33.3 Å². The van der Waals surface area contributed by atoms with Gasteiger partial charge in [0.15, 0.2) is 0 Å². The van der Waals surface area contributed by atoms with Gasteiger partial charge < -0.3 is 4.74 Å². The molecule has 1 N–H and O–H groups in total. The highest BCUT2D eigenvalue weighted by molar-refractivity contribution is 7.10. The van der Waals surface area contributed by atoms with Gasteiger partial charge in [0.2, 0.25) is 5.91 Å². The van der Waals surface area contributed by atoms with Gasteiger partial charge in [0.1, 0.15) is 10.8 Å². The SMILES string of the molecule is COc1ccc(/C(C)=N\NC(=O)Cc2nc(-c3ccccc3)cs2)cc1. The van der Waals surface area contributed by atoms with Crippen LogP contribution in [-0.2, 0) is 11.2 Å². The van der Waals surface area contributed by atoms with Crippen LogP contribution in [0, 0.1) is 0 Å². The Bertz CT molecular complexity index is 902. The zero-order valence-corrected chi connectivity index (χ0v) is 15.4. The molecule has 0 saturated carbocycles.